The van der Waals surface area contributed by atoms with E-state index in [2.05, 4.69) is 16.2 Å². The quantitative estimate of drug-likeness (QED) is 0.286. The number of carboxylic acids is 1. The molecule has 0 saturated heterocycles. The number of carbonyl (C=O) groups is 3. The fourth-order valence-electron chi connectivity index (χ4n) is 0.397. The molecular formula is C7H9NO6. The van der Waals surface area contributed by atoms with Gasteiger partial charge in [-0.1, -0.05) is 6.58 Å². The molecule has 78 valence electrons. The number of aliphatic carboxylic acids is 1. The van der Waals surface area contributed by atoms with Crippen LogP contribution in [0.3, 0.4) is 0 Å². The lowest BCUT2D eigenvalue weighted by molar-refractivity contribution is -0.148. The van der Waals surface area contributed by atoms with Crippen molar-refractivity contribution in [3.63, 3.8) is 0 Å². The van der Waals surface area contributed by atoms with Gasteiger partial charge in [-0.05, 0) is 6.92 Å². The Bertz CT molecular complexity index is 271. The summed E-state index contributed by atoms with van der Waals surface area (Å²) in [5, 5.41) is 8.28. The van der Waals surface area contributed by atoms with E-state index >= 15 is 0 Å². The maximum Gasteiger partial charge on any atom is 0.440 e. The van der Waals surface area contributed by atoms with Crippen molar-refractivity contribution in [1.29, 1.82) is 0 Å². The van der Waals surface area contributed by atoms with Crippen LogP contribution in [0.2, 0.25) is 0 Å². The molecule has 0 aromatic rings. The van der Waals surface area contributed by atoms with Crippen molar-refractivity contribution in [3.8, 4) is 0 Å². The van der Waals surface area contributed by atoms with Gasteiger partial charge in [0.1, 0.15) is 5.57 Å². The Balaban J connectivity index is 3.91. The first-order valence-electron chi connectivity index (χ1n) is 3.55. The second kappa shape index (κ2) is 5.57. The molecule has 0 bridgehead atoms. The lowest BCUT2D eigenvalue weighted by Crippen LogP contribution is -2.29. The highest BCUT2D eigenvalue weighted by molar-refractivity contribution is 6.12. The molecule has 0 aliphatic rings. The monoisotopic (exact) mass is 203 g/mol. The highest BCUT2D eigenvalue weighted by Gasteiger charge is 2.17. The van der Waals surface area contributed by atoms with E-state index in [4.69, 9.17) is 5.11 Å². The largest absolute Gasteiger partial charge is 0.477 e. The summed E-state index contributed by atoms with van der Waals surface area (Å²) in [5.74, 6) is -2.79. The minimum Gasteiger partial charge on any atom is -0.477 e. The van der Waals surface area contributed by atoms with E-state index in [0.29, 0.717) is 0 Å². The zero-order chi connectivity index (χ0) is 11.1. The molecule has 0 aliphatic heterocycles. The number of amides is 1. The van der Waals surface area contributed by atoms with Gasteiger partial charge in [0.05, 0.1) is 6.61 Å². The van der Waals surface area contributed by atoms with Crippen LogP contribution < -0.4 is 5.48 Å². The molecule has 7 heteroatoms. The Morgan fingerprint density at radius 1 is 1.43 bits per heavy atom. The van der Waals surface area contributed by atoms with E-state index < -0.39 is 23.6 Å². The number of nitrogens with one attached hydrogen (secondary N) is 1. The zero-order valence-electron chi connectivity index (χ0n) is 7.40. The molecule has 2 N–H and O–H groups in total. The van der Waals surface area contributed by atoms with E-state index in [9.17, 15) is 14.4 Å². The van der Waals surface area contributed by atoms with Crippen molar-refractivity contribution in [1.82, 2.24) is 5.48 Å². The lowest BCUT2D eigenvalue weighted by atomic mass is 10.3. The first-order valence-corrected chi connectivity index (χ1v) is 3.55. The number of hydroxylamine groups is 1. The molecule has 1 amide bonds. The molecule has 0 aliphatic carbocycles. The van der Waals surface area contributed by atoms with Crippen LogP contribution in [0.25, 0.3) is 0 Å². The second-order valence-electron chi connectivity index (χ2n) is 2.00. The van der Waals surface area contributed by atoms with Crippen molar-refractivity contribution in [2.75, 3.05) is 6.61 Å². The predicted molar refractivity (Wildman–Crippen MR) is 43.0 cm³/mol. The van der Waals surface area contributed by atoms with Crippen LogP contribution in [0.5, 0.6) is 0 Å². The standard InChI is InChI=1S/C7H9NO6/c1-3-13-7(12)8-14-6(11)4(2)5(9)10/h2-3H2,1H3,(H,8,12)(H,9,10). The summed E-state index contributed by atoms with van der Waals surface area (Å²) in [4.78, 5) is 35.5. The minimum atomic E-state index is -1.53. The van der Waals surface area contributed by atoms with Crippen LogP contribution in [-0.4, -0.2) is 29.7 Å². The van der Waals surface area contributed by atoms with Gasteiger partial charge in [0.2, 0.25) is 0 Å². The van der Waals surface area contributed by atoms with E-state index in [1.54, 1.807) is 12.4 Å². The van der Waals surface area contributed by atoms with Crippen molar-refractivity contribution in [2.24, 2.45) is 0 Å². The first-order chi connectivity index (χ1) is 6.49. The molecule has 0 heterocycles. The van der Waals surface area contributed by atoms with E-state index in [-0.39, 0.29) is 6.61 Å². The Morgan fingerprint density at radius 3 is 2.43 bits per heavy atom. The molecule has 14 heavy (non-hydrogen) atoms. The molecule has 0 aromatic heterocycles. The van der Waals surface area contributed by atoms with E-state index in [0.717, 1.165) is 0 Å². The average molecular weight is 203 g/mol. The second-order valence-corrected chi connectivity index (χ2v) is 2.00. The van der Waals surface area contributed by atoms with Gasteiger partial charge in [0, 0.05) is 0 Å². The van der Waals surface area contributed by atoms with Crippen molar-refractivity contribution < 1.29 is 29.1 Å². The molecule has 0 fully saturated rings. The highest BCUT2D eigenvalue weighted by atomic mass is 16.7. The van der Waals surface area contributed by atoms with Gasteiger partial charge in [0.25, 0.3) is 0 Å². The van der Waals surface area contributed by atoms with Gasteiger partial charge in [-0.2, -0.15) is 0 Å². The predicted octanol–water partition coefficient (Wildman–Crippen LogP) is -0.169. The summed E-state index contributed by atoms with van der Waals surface area (Å²) in [6, 6.07) is 0. The van der Waals surface area contributed by atoms with Crippen LogP contribution >= 0.6 is 0 Å². The maximum absolute atomic E-state index is 10.7. The third-order valence-corrected chi connectivity index (χ3v) is 1.01. The molecule has 7 nitrogen and oxygen atoms in total. The van der Waals surface area contributed by atoms with Crippen LogP contribution in [0.4, 0.5) is 4.79 Å². The SMILES string of the molecule is C=C(C(=O)O)C(=O)ONC(=O)OCC. The van der Waals surface area contributed by atoms with Gasteiger partial charge in [-0.25, -0.2) is 14.4 Å². The van der Waals surface area contributed by atoms with Crippen molar-refractivity contribution >= 4 is 18.0 Å². The summed E-state index contributed by atoms with van der Waals surface area (Å²) >= 11 is 0. The molecular weight excluding hydrogens is 194 g/mol. The summed E-state index contributed by atoms with van der Waals surface area (Å²) in [7, 11) is 0. The van der Waals surface area contributed by atoms with Gasteiger partial charge in [-0.15, -0.1) is 5.48 Å². The summed E-state index contributed by atoms with van der Waals surface area (Å²) in [5.41, 5.74) is 0.794. The fraction of sp³-hybridized carbons (Fsp3) is 0.286. The third kappa shape index (κ3) is 4.10. The number of hydrogen-bond acceptors (Lipinski definition) is 5. The van der Waals surface area contributed by atoms with Gasteiger partial charge in [0.15, 0.2) is 0 Å². The normalized spacial score (nSPS) is 8.64. The molecule has 0 rings (SSSR count). The van der Waals surface area contributed by atoms with Gasteiger partial charge in [-0.3, -0.25) is 0 Å². The van der Waals surface area contributed by atoms with Crippen LogP contribution in [0.1, 0.15) is 6.92 Å². The molecule has 0 radical (unpaired) electrons. The molecule has 0 aromatic carbocycles. The summed E-state index contributed by atoms with van der Waals surface area (Å²) in [6.45, 7) is 4.57. The zero-order valence-corrected chi connectivity index (χ0v) is 7.40. The molecule has 0 unspecified atom stereocenters. The first kappa shape index (κ1) is 11.9. The minimum absolute atomic E-state index is 0.100. The highest BCUT2D eigenvalue weighted by Crippen LogP contribution is 1.92. The topological polar surface area (TPSA) is 102 Å². The fourth-order valence-corrected chi connectivity index (χ4v) is 0.397. The van der Waals surface area contributed by atoms with E-state index in [1.165, 1.54) is 0 Å². The number of rotatable bonds is 3. The lowest BCUT2D eigenvalue weighted by Gasteiger charge is -2.04. The Kier molecular flexibility index (Phi) is 4.76. The average Bonchev–Trinajstić information content (AvgIpc) is 2.13. The van der Waals surface area contributed by atoms with Crippen LogP contribution in [-0.2, 0) is 19.2 Å². The van der Waals surface area contributed by atoms with Crippen LogP contribution in [0.15, 0.2) is 12.2 Å². The number of ether oxygens (including phenoxy) is 1. The van der Waals surface area contributed by atoms with Gasteiger partial charge < -0.3 is 14.7 Å². The molecule has 0 spiro atoms. The van der Waals surface area contributed by atoms with Gasteiger partial charge >= 0.3 is 18.0 Å². The Labute approximate surface area is 79.2 Å². The Morgan fingerprint density at radius 2 is 2.00 bits per heavy atom. The summed E-state index contributed by atoms with van der Waals surface area (Å²) in [6.07, 6.45) is -0.987. The van der Waals surface area contributed by atoms with Crippen molar-refractivity contribution in [2.45, 2.75) is 6.92 Å². The summed E-state index contributed by atoms with van der Waals surface area (Å²) < 4.78 is 4.33. The smallest absolute Gasteiger partial charge is 0.440 e. The maximum atomic E-state index is 10.7. The number of carbonyl (C=O) groups excluding carboxylic acids is 2. The Hall–Kier alpha value is -2.05. The van der Waals surface area contributed by atoms with Crippen LogP contribution in [0, 0.1) is 0 Å². The van der Waals surface area contributed by atoms with Crippen molar-refractivity contribution in [3.05, 3.63) is 12.2 Å². The number of hydrogen-bond donors (Lipinski definition) is 2. The van der Waals surface area contributed by atoms with E-state index in [1.807, 2.05) is 0 Å². The molecule has 0 saturated carbocycles. The molecule has 0 atom stereocenters. The number of carboxylic acid groups (broad SMARTS) is 1. The third-order valence-electron chi connectivity index (χ3n) is 1.01.